The number of hydrogen-bond acceptors (Lipinski definition) is 5. The largest absolute Gasteiger partial charge is 0.378 e. The first-order valence-electron chi connectivity index (χ1n) is 8.04. The van der Waals surface area contributed by atoms with Crippen LogP contribution in [0.4, 0.5) is 5.69 Å². The van der Waals surface area contributed by atoms with E-state index in [1.165, 1.54) is 6.07 Å². The summed E-state index contributed by atoms with van der Waals surface area (Å²) in [6.45, 7) is 3.72. The van der Waals surface area contributed by atoms with Crippen molar-refractivity contribution in [2.45, 2.75) is 6.92 Å². The molecule has 0 atom stereocenters. The van der Waals surface area contributed by atoms with E-state index in [0.717, 1.165) is 10.6 Å². The van der Waals surface area contributed by atoms with Gasteiger partial charge in [0.2, 0.25) is 15.9 Å². The summed E-state index contributed by atoms with van der Waals surface area (Å²) in [7, 11) is -3.68. The molecule has 2 rings (SSSR count). The Morgan fingerprint density at radius 3 is 2.56 bits per heavy atom. The third kappa shape index (κ3) is 5.17. The lowest BCUT2D eigenvalue weighted by Gasteiger charge is -2.30. The first-order valence-corrected chi connectivity index (χ1v) is 9.89. The summed E-state index contributed by atoms with van der Waals surface area (Å²) >= 11 is 0. The standard InChI is InChI=1S/C16H23N3O5S/c1-3-17-16(21)13-5-4-6-14(11-13)19(25(2,22)23)12-15(20)18-7-9-24-10-8-18/h4-6,11H,3,7-10,12H2,1-2H3,(H,17,21). The third-order valence-corrected chi connectivity index (χ3v) is 4.92. The SMILES string of the molecule is CCNC(=O)c1cccc(N(CC(=O)N2CCOCC2)S(C)(=O)=O)c1. The predicted octanol–water partition coefficient (Wildman–Crippen LogP) is 0.0611. The van der Waals surface area contributed by atoms with Crippen LogP contribution in [0.2, 0.25) is 0 Å². The van der Waals surface area contributed by atoms with Gasteiger partial charge in [0.1, 0.15) is 6.54 Å². The molecular formula is C16H23N3O5S. The van der Waals surface area contributed by atoms with Crippen LogP contribution in [0, 0.1) is 0 Å². The minimum absolute atomic E-state index is 0.285. The number of amides is 2. The van der Waals surface area contributed by atoms with E-state index in [0.29, 0.717) is 38.4 Å². The molecule has 0 bridgehead atoms. The maximum absolute atomic E-state index is 12.4. The third-order valence-electron chi connectivity index (χ3n) is 3.78. The highest BCUT2D eigenvalue weighted by molar-refractivity contribution is 7.92. The number of benzene rings is 1. The summed E-state index contributed by atoms with van der Waals surface area (Å²) in [5.74, 6) is -0.588. The molecule has 1 aliphatic rings. The number of nitrogens with one attached hydrogen (secondary N) is 1. The zero-order valence-corrected chi connectivity index (χ0v) is 15.2. The van der Waals surface area contributed by atoms with Crippen molar-refractivity contribution in [1.29, 1.82) is 0 Å². The summed E-state index contributed by atoms with van der Waals surface area (Å²) in [5, 5.41) is 2.66. The van der Waals surface area contributed by atoms with E-state index in [-0.39, 0.29) is 24.0 Å². The van der Waals surface area contributed by atoms with Crippen LogP contribution in [0.1, 0.15) is 17.3 Å². The Morgan fingerprint density at radius 2 is 1.96 bits per heavy atom. The molecule has 9 heteroatoms. The molecule has 0 saturated carbocycles. The maximum Gasteiger partial charge on any atom is 0.251 e. The molecule has 0 aliphatic carbocycles. The van der Waals surface area contributed by atoms with Crippen molar-refractivity contribution >= 4 is 27.5 Å². The summed E-state index contributed by atoms with van der Waals surface area (Å²) in [6, 6.07) is 6.23. The van der Waals surface area contributed by atoms with E-state index in [1.807, 2.05) is 0 Å². The Hall–Kier alpha value is -2.13. The Bertz CT molecular complexity index is 729. The normalized spacial score (nSPS) is 14.9. The van der Waals surface area contributed by atoms with Crippen LogP contribution < -0.4 is 9.62 Å². The number of ether oxygens (including phenoxy) is 1. The van der Waals surface area contributed by atoms with Crippen molar-refractivity contribution < 1.29 is 22.7 Å². The van der Waals surface area contributed by atoms with Gasteiger partial charge in [-0.15, -0.1) is 0 Å². The van der Waals surface area contributed by atoms with Crippen LogP contribution in [0.15, 0.2) is 24.3 Å². The zero-order valence-electron chi connectivity index (χ0n) is 14.4. The molecular weight excluding hydrogens is 346 g/mol. The molecule has 0 radical (unpaired) electrons. The Balaban J connectivity index is 2.24. The van der Waals surface area contributed by atoms with Gasteiger partial charge in [-0.05, 0) is 25.1 Å². The van der Waals surface area contributed by atoms with Crippen molar-refractivity contribution in [2.75, 3.05) is 50.0 Å². The molecule has 8 nitrogen and oxygen atoms in total. The smallest absolute Gasteiger partial charge is 0.251 e. The van der Waals surface area contributed by atoms with Gasteiger partial charge in [0.05, 0.1) is 25.2 Å². The van der Waals surface area contributed by atoms with Crippen LogP contribution in [0.25, 0.3) is 0 Å². The number of rotatable bonds is 6. The second kappa shape index (κ2) is 8.30. The van der Waals surface area contributed by atoms with E-state index in [1.54, 1.807) is 30.0 Å². The van der Waals surface area contributed by atoms with Gasteiger partial charge in [-0.25, -0.2) is 8.42 Å². The molecule has 138 valence electrons. The van der Waals surface area contributed by atoms with Gasteiger partial charge in [-0.3, -0.25) is 13.9 Å². The lowest BCUT2D eigenvalue weighted by atomic mass is 10.2. The lowest BCUT2D eigenvalue weighted by Crippen LogP contribution is -2.47. The quantitative estimate of drug-likeness (QED) is 0.765. The monoisotopic (exact) mass is 369 g/mol. The van der Waals surface area contributed by atoms with Gasteiger partial charge in [0.25, 0.3) is 5.91 Å². The van der Waals surface area contributed by atoms with E-state index in [2.05, 4.69) is 5.32 Å². The van der Waals surface area contributed by atoms with Crippen molar-refractivity contribution in [3.8, 4) is 0 Å². The highest BCUT2D eigenvalue weighted by Gasteiger charge is 2.25. The van der Waals surface area contributed by atoms with E-state index >= 15 is 0 Å². The Kier molecular flexibility index (Phi) is 6.38. The van der Waals surface area contributed by atoms with Crippen LogP contribution in [0.3, 0.4) is 0 Å². The number of carbonyl (C=O) groups is 2. The van der Waals surface area contributed by atoms with Crippen molar-refractivity contribution in [3.05, 3.63) is 29.8 Å². The van der Waals surface area contributed by atoms with Gasteiger partial charge < -0.3 is 15.0 Å². The minimum atomic E-state index is -3.68. The van der Waals surface area contributed by atoms with Gasteiger partial charge in [0, 0.05) is 25.2 Å². The molecule has 1 saturated heterocycles. The van der Waals surface area contributed by atoms with E-state index in [9.17, 15) is 18.0 Å². The Labute approximate surface area is 147 Å². The topological polar surface area (TPSA) is 96.0 Å². The van der Waals surface area contributed by atoms with Crippen LogP contribution in [-0.2, 0) is 19.6 Å². The van der Waals surface area contributed by atoms with Gasteiger partial charge in [-0.1, -0.05) is 6.07 Å². The Morgan fingerprint density at radius 1 is 1.28 bits per heavy atom. The number of carbonyl (C=O) groups excluding carboxylic acids is 2. The second-order valence-electron chi connectivity index (χ2n) is 5.67. The van der Waals surface area contributed by atoms with Gasteiger partial charge >= 0.3 is 0 Å². The number of hydrogen-bond donors (Lipinski definition) is 1. The summed E-state index contributed by atoms with van der Waals surface area (Å²) in [4.78, 5) is 26.0. The van der Waals surface area contributed by atoms with Crippen LogP contribution in [-0.4, -0.2) is 70.8 Å². The van der Waals surface area contributed by atoms with E-state index < -0.39 is 10.0 Å². The minimum Gasteiger partial charge on any atom is -0.378 e. The summed E-state index contributed by atoms with van der Waals surface area (Å²) < 4.78 is 30.6. The molecule has 1 N–H and O–H groups in total. The molecule has 1 aliphatic heterocycles. The molecule has 1 fully saturated rings. The number of nitrogens with zero attached hydrogens (tertiary/aromatic N) is 2. The fourth-order valence-electron chi connectivity index (χ4n) is 2.50. The molecule has 0 unspecified atom stereocenters. The first-order chi connectivity index (χ1) is 11.8. The molecule has 2 amide bonds. The average molecular weight is 369 g/mol. The van der Waals surface area contributed by atoms with Crippen LogP contribution >= 0.6 is 0 Å². The highest BCUT2D eigenvalue weighted by atomic mass is 32.2. The molecule has 1 heterocycles. The molecule has 0 aromatic heterocycles. The van der Waals surface area contributed by atoms with Gasteiger partial charge in [0.15, 0.2) is 0 Å². The van der Waals surface area contributed by atoms with Crippen molar-refractivity contribution in [1.82, 2.24) is 10.2 Å². The predicted molar refractivity (Wildman–Crippen MR) is 94.0 cm³/mol. The van der Waals surface area contributed by atoms with Crippen molar-refractivity contribution in [3.63, 3.8) is 0 Å². The highest BCUT2D eigenvalue weighted by Crippen LogP contribution is 2.19. The molecule has 25 heavy (non-hydrogen) atoms. The lowest BCUT2D eigenvalue weighted by molar-refractivity contribution is -0.133. The molecule has 1 aromatic carbocycles. The number of sulfonamides is 1. The average Bonchev–Trinajstić information content (AvgIpc) is 2.59. The second-order valence-corrected chi connectivity index (χ2v) is 7.58. The maximum atomic E-state index is 12.4. The molecule has 0 spiro atoms. The summed E-state index contributed by atoms with van der Waals surface area (Å²) in [5.41, 5.74) is 0.625. The zero-order chi connectivity index (χ0) is 18.4. The fraction of sp³-hybridized carbons (Fsp3) is 0.500. The van der Waals surface area contributed by atoms with Crippen LogP contribution in [0.5, 0.6) is 0 Å². The van der Waals surface area contributed by atoms with Crippen molar-refractivity contribution in [2.24, 2.45) is 0 Å². The van der Waals surface area contributed by atoms with Gasteiger partial charge in [-0.2, -0.15) is 0 Å². The number of morpholine rings is 1. The summed E-state index contributed by atoms with van der Waals surface area (Å²) in [6.07, 6.45) is 1.04. The first kappa shape index (κ1) is 19.2. The number of anilines is 1. The van der Waals surface area contributed by atoms with E-state index in [4.69, 9.17) is 4.74 Å². The fourth-order valence-corrected chi connectivity index (χ4v) is 3.34. The molecule has 1 aromatic rings.